The average molecular weight is 354 g/mol. The molecule has 0 N–H and O–H groups in total. The summed E-state index contributed by atoms with van der Waals surface area (Å²) in [6, 6.07) is 0.765. The van der Waals surface area contributed by atoms with Crippen molar-refractivity contribution in [1.82, 2.24) is 4.90 Å². The van der Waals surface area contributed by atoms with Crippen molar-refractivity contribution in [3.8, 4) is 0 Å². The molecule has 1 atom stereocenters. The maximum atomic E-state index is 11.7. The lowest BCUT2D eigenvalue weighted by Gasteiger charge is -2.20. The van der Waals surface area contributed by atoms with E-state index < -0.39 is 0 Å². The quantitative estimate of drug-likeness (QED) is 0.248. The number of carbonyl (C=O) groups excluding carboxylic acids is 1. The number of hydrogen-bond donors (Lipinski definition) is 0. The molecular weight excluding hydrogens is 310 g/mol. The van der Waals surface area contributed by atoms with Crippen LogP contribution >= 0.6 is 0 Å². The third-order valence-electron chi connectivity index (χ3n) is 5.53. The van der Waals surface area contributed by atoms with Gasteiger partial charge in [0.1, 0.15) is 0 Å². The van der Waals surface area contributed by atoms with Gasteiger partial charge in [-0.1, -0.05) is 64.7 Å². The molecule has 25 heavy (non-hydrogen) atoms. The van der Waals surface area contributed by atoms with Gasteiger partial charge < -0.3 is 9.64 Å². The molecule has 0 radical (unpaired) electrons. The highest BCUT2D eigenvalue weighted by atomic mass is 16.5. The Labute approximate surface area is 156 Å². The second-order valence-electron chi connectivity index (χ2n) is 7.89. The molecule has 1 saturated heterocycles. The summed E-state index contributed by atoms with van der Waals surface area (Å²) in [6.45, 7) is 7.68. The van der Waals surface area contributed by atoms with Gasteiger partial charge in [0, 0.05) is 12.5 Å². The Hall–Kier alpha value is -0.570. The second kappa shape index (κ2) is 15.7. The lowest BCUT2D eigenvalue weighted by molar-refractivity contribution is -0.143. The van der Waals surface area contributed by atoms with Crippen molar-refractivity contribution in [3.63, 3.8) is 0 Å². The van der Waals surface area contributed by atoms with Crippen LogP contribution in [0, 0.1) is 0 Å². The van der Waals surface area contributed by atoms with Crippen LogP contribution in [0.3, 0.4) is 0 Å². The molecule has 148 valence electrons. The predicted molar refractivity (Wildman–Crippen MR) is 107 cm³/mol. The molecule has 1 fully saturated rings. The summed E-state index contributed by atoms with van der Waals surface area (Å²) in [4.78, 5) is 14.3. The van der Waals surface area contributed by atoms with Crippen LogP contribution in [0.5, 0.6) is 0 Å². The highest BCUT2D eigenvalue weighted by Crippen LogP contribution is 2.17. The Morgan fingerprint density at radius 2 is 1.56 bits per heavy atom. The van der Waals surface area contributed by atoms with Crippen LogP contribution < -0.4 is 0 Å². The lowest BCUT2D eigenvalue weighted by Crippen LogP contribution is -2.27. The van der Waals surface area contributed by atoms with Crippen molar-refractivity contribution < 1.29 is 9.53 Å². The number of carbonyl (C=O) groups is 1. The first-order valence-electron chi connectivity index (χ1n) is 11.1. The minimum absolute atomic E-state index is 0.00843. The lowest BCUT2D eigenvalue weighted by atomic mass is 10.1. The van der Waals surface area contributed by atoms with Gasteiger partial charge in [-0.3, -0.25) is 4.79 Å². The smallest absolute Gasteiger partial charge is 0.305 e. The molecule has 3 heteroatoms. The Morgan fingerprint density at radius 3 is 2.20 bits per heavy atom. The van der Waals surface area contributed by atoms with Crippen molar-refractivity contribution in [2.45, 2.75) is 116 Å². The van der Waals surface area contributed by atoms with Crippen molar-refractivity contribution in [3.05, 3.63) is 0 Å². The van der Waals surface area contributed by atoms with Crippen LogP contribution in [0.15, 0.2) is 0 Å². The second-order valence-corrected chi connectivity index (χ2v) is 7.89. The van der Waals surface area contributed by atoms with Gasteiger partial charge in [0.2, 0.25) is 0 Å². The first kappa shape index (κ1) is 22.5. The van der Waals surface area contributed by atoms with E-state index >= 15 is 0 Å². The van der Waals surface area contributed by atoms with Crippen molar-refractivity contribution in [2.75, 3.05) is 19.7 Å². The van der Waals surface area contributed by atoms with Crippen molar-refractivity contribution >= 4 is 5.97 Å². The van der Waals surface area contributed by atoms with Gasteiger partial charge in [-0.15, -0.1) is 0 Å². The fraction of sp³-hybridized carbons (Fsp3) is 0.955. The summed E-state index contributed by atoms with van der Waals surface area (Å²) < 4.78 is 5.35. The van der Waals surface area contributed by atoms with E-state index in [0.29, 0.717) is 13.0 Å². The monoisotopic (exact) mass is 353 g/mol. The molecule has 1 rings (SSSR count). The zero-order valence-electron chi connectivity index (χ0n) is 17.1. The summed E-state index contributed by atoms with van der Waals surface area (Å²) in [7, 11) is 0. The largest absolute Gasteiger partial charge is 0.466 e. The molecule has 0 aromatic carbocycles. The predicted octanol–water partition coefficient (Wildman–Crippen LogP) is 6.11. The molecule has 0 saturated carbocycles. The molecule has 0 aliphatic carbocycles. The number of ether oxygens (including phenoxy) is 1. The van der Waals surface area contributed by atoms with Gasteiger partial charge in [0.15, 0.2) is 0 Å². The van der Waals surface area contributed by atoms with E-state index in [1.807, 2.05) is 0 Å². The zero-order valence-corrected chi connectivity index (χ0v) is 17.1. The van der Waals surface area contributed by atoms with E-state index in [1.165, 1.54) is 83.7 Å². The molecule has 0 aromatic rings. The average Bonchev–Trinajstić information content (AvgIpc) is 3.01. The molecule has 3 nitrogen and oxygen atoms in total. The maximum absolute atomic E-state index is 11.7. The minimum Gasteiger partial charge on any atom is -0.466 e. The summed E-state index contributed by atoms with van der Waals surface area (Å²) in [5.41, 5.74) is 0. The van der Waals surface area contributed by atoms with E-state index in [1.54, 1.807) is 0 Å². The molecule has 0 bridgehead atoms. The summed E-state index contributed by atoms with van der Waals surface area (Å²) in [5, 5.41) is 0. The van der Waals surface area contributed by atoms with Gasteiger partial charge in [-0.05, 0) is 52.1 Å². The Kier molecular flexibility index (Phi) is 14.1. The van der Waals surface area contributed by atoms with E-state index in [2.05, 4.69) is 18.7 Å². The Morgan fingerprint density at radius 1 is 0.920 bits per heavy atom. The topological polar surface area (TPSA) is 29.5 Å². The van der Waals surface area contributed by atoms with Crippen LogP contribution in [0.25, 0.3) is 0 Å². The fourth-order valence-corrected chi connectivity index (χ4v) is 3.76. The first-order valence-corrected chi connectivity index (χ1v) is 11.1. The van der Waals surface area contributed by atoms with E-state index in [0.717, 1.165) is 25.3 Å². The van der Waals surface area contributed by atoms with Gasteiger partial charge in [-0.2, -0.15) is 0 Å². The number of nitrogens with zero attached hydrogens (tertiary/aromatic N) is 1. The van der Waals surface area contributed by atoms with Crippen LogP contribution in [0.4, 0.5) is 0 Å². The van der Waals surface area contributed by atoms with E-state index in [-0.39, 0.29) is 5.97 Å². The number of unbranched alkanes of at least 4 members (excludes halogenated alkanes) is 10. The Bertz CT molecular complexity index is 319. The maximum Gasteiger partial charge on any atom is 0.305 e. The molecule has 0 aromatic heterocycles. The highest BCUT2D eigenvalue weighted by Gasteiger charge is 2.18. The van der Waals surface area contributed by atoms with Crippen molar-refractivity contribution in [2.24, 2.45) is 0 Å². The van der Waals surface area contributed by atoms with Crippen LogP contribution in [0.1, 0.15) is 110 Å². The van der Waals surface area contributed by atoms with Crippen LogP contribution in [-0.2, 0) is 9.53 Å². The highest BCUT2D eigenvalue weighted by molar-refractivity contribution is 5.69. The zero-order chi connectivity index (χ0) is 18.2. The number of rotatable bonds is 16. The molecule has 1 heterocycles. The number of likely N-dealkylation sites (tertiary alicyclic amines) is 1. The molecule has 0 amide bonds. The van der Waals surface area contributed by atoms with E-state index in [4.69, 9.17) is 4.74 Å². The van der Waals surface area contributed by atoms with Crippen molar-refractivity contribution in [1.29, 1.82) is 0 Å². The SMILES string of the molecule is CCCCCCCCCCCOC(=O)CCCCCN1CCCC1C. The fourth-order valence-electron chi connectivity index (χ4n) is 3.76. The third kappa shape index (κ3) is 12.4. The van der Waals surface area contributed by atoms with Gasteiger partial charge in [0.05, 0.1) is 6.61 Å². The van der Waals surface area contributed by atoms with Crippen LogP contribution in [-0.4, -0.2) is 36.6 Å². The number of esters is 1. The van der Waals surface area contributed by atoms with Gasteiger partial charge in [0.25, 0.3) is 0 Å². The molecular formula is C22H43NO2. The first-order chi connectivity index (χ1) is 12.2. The van der Waals surface area contributed by atoms with Gasteiger partial charge in [-0.25, -0.2) is 0 Å². The molecule has 1 aliphatic heterocycles. The Balaban J connectivity index is 1.78. The molecule has 1 unspecified atom stereocenters. The third-order valence-corrected chi connectivity index (χ3v) is 5.53. The summed E-state index contributed by atoms with van der Waals surface area (Å²) >= 11 is 0. The number of hydrogen-bond acceptors (Lipinski definition) is 3. The molecule has 1 aliphatic rings. The molecule has 0 spiro atoms. The van der Waals surface area contributed by atoms with Crippen LogP contribution in [0.2, 0.25) is 0 Å². The van der Waals surface area contributed by atoms with E-state index in [9.17, 15) is 4.79 Å². The normalized spacial score (nSPS) is 17.9. The summed E-state index contributed by atoms with van der Waals surface area (Å²) in [6.07, 6.45) is 18.4. The minimum atomic E-state index is 0.00843. The summed E-state index contributed by atoms with van der Waals surface area (Å²) in [5.74, 6) is 0.00843. The van der Waals surface area contributed by atoms with Gasteiger partial charge >= 0.3 is 5.97 Å². The standard InChI is InChI=1S/C22H43NO2/c1-3-4-5-6-7-8-9-10-14-20-25-22(24)17-12-11-13-18-23-19-15-16-21(23)2/h21H,3-20H2,1-2H3.